The van der Waals surface area contributed by atoms with Crippen molar-refractivity contribution in [3.8, 4) is 0 Å². The zero-order valence-corrected chi connectivity index (χ0v) is 9.26. The van der Waals surface area contributed by atoms with Crippen LogP contribution >= 0.6 is 11.6 Å². The van der Waals surface area contributed by atoms with Crippen LogP contribution in [0.1, 0.15) is 32.4 Å². The fraction of sp³-hybridized carbons (Fsp3) is 0.667. The molecule has 0 saturated carbocycles. The summed E-state index contributed by atoms with van der Waals surface area (Å²) in [5.41, 5.74) is 1.05. The molecule has 1 aromatic rings. The highest BCUT2D eigenvalue weighted by atomic mass is 35.5. The molecule has 1 unspecified atom stereocenters. The van der Waals surface area contributed by atoms with Crippen LogP contribution in [-0.4, -0.2) is 28.2 Å². The van der Waals surface area contributed by atoms with Crippen LogP contribution in [0.4, 0.5) is 0 Å². The van der Waals surface area contributed by atoms with Gasteiger partial charge in [-0.1, -0.05) is 11.6 Å². The van der Waals surface area contributed by atoms with Crippen molar-refractivity contribution in [1.82, 2.24) is 15.1 Å². The van der Waals surface area contributed by atoms with Gasteiger partial charge in [-0.25, -0.2) is 0 Å². The highest BCUT2D eigenvalue weighted by Gasteiger charge is 2.17. The van der Waals surface area contributed by atoms with E-state index in [4.69, 9.17) is 11.6 Å². The maximum Gasteiger partial charge on any atom is 0.128 e. The normalized spacial score (nSPS) is 14.1. The summed E-state index contributed by atoms with van der Waals surface area (Å²) in [6, 6.07) is 0.798. The maximum atomic E-state index is 5.94. The molecule has 0 aliphatic rings. The lowest BCUT2D eigenvalue weighted by molar-refractivity contribution is 0.210. The van der Waals surface area contributed by atoms with E-state index in [1.54, 1.807) is 6.20 Å². The first kappa shape index (κ1) is 10.5. The topological polar surface area (TPSA) is 31.9 Å². The fourth-order valence-corrected chi connectivity index (χ4v) is 1.49. The van der Waals surface area contributed by atoms with E-state index in [-0.39, 0.29) is 0 Å². The highest BCUT2D eigenvalue weighted by molar-refractivity contribution is 6.30. The standard InChI is InChI=1S/C9H16ClN3/c1-6(2)13(4)7(3)8-5-11-12-9(8)10/h5-7H,1-4H3,(H,11,12). The van der Waals surface area contributed by atoms with Crippen molar-refractivity contribution >= 4 is 11.6 Å². The Kier molecular flexibility index (Phi) is 3.33. The van der Waals surface area contributed by atoms with Gasteiger partial charge in [0.2, 0.25) is 0 Å². The number of halogens is 1. The highest BCUT2D eigenvalue weighted by Crippen LogP contribution is 2.25. The number of nitrogens with one attached hydrogen (secondary N) is 1. The molecular weight excluding hydrogens is 186 g/mol. The van der Waals surface area contributed by atoms with E-state index in [2.05, 4.69) is 42.9 Å². The lowest BCUT2D eigenvalue weighted by atomic mass is 10.1. The first-order chi connectivity index (χ1) is 6.04. The molecule has 74 valence electrons. The van der Waals surface area contributed by atoms with Gasteiger partial charge in [0.05, 0.1) is 6.20 Å². The van der Waals surface area contributed by atoms with Crippen LogP contribution in [0.3, 0.4) is 0 Å². The van der Waals surface area contributed by atoms with E-state index in [0.29, 0.717) is 17.2 Å². The number of H-pyrrole nitrogens is 1. The molecule has 1 heterocycles. The summed E-state index contributed by atoms with van der Waals surface area (Å²) in [4.78, 5) is 2.25. The number of rotatable bonds is 3. The summed E-state index contributed by atoms with van der Waals surface area (Å²) in [6.07, 6.45) is 1.78. The van der Waals surface area contributed by atoms with Gasteiger partial charge < -0.3 is 0 Å². The molecule has 0 radical (unpaired) electrons. The lowest BCUT2D eigenvalue weighted by Gasteiger charge is -2.27. The quantitative estimate of drug-likeness (QED) is 0.815. The molecule has 4 heteroatoms. The van der Waals surface area contributed by atoms with Crippen LogP contribution < -0.4 is 0 Å². The molecule has 0 aromatic carbocycles. The second kappa shape index (κ2) is 4.11. The number of hydrogen-bond donors (Lipinski definition) is 1. The average Bonchev–Trinajstić information content (AvgIpc) is 2.48. The Bertz CT molecular complexity index is 270. The first-order valence-electron chi connectivity index (χ1n) is 4.44. The average molecular weight is 202 g/mol. The molecule has 3 nitrogen and oxygen atoms in total. The Morgan fingerprint density at radius 2 is 2.08 bits per heavy atom. The number of nitrogens with zero attached hydrogens (tertiary/aromatic N) is 2. The lowest BCUT2D eigenvalue weighted by Crippen LogP contribution is -2.29. The molecule has 1 N–H and O–H groups in total. The molecule has 0 fully saturated rings. The first-order valence-corrected chi connectivity index (χ1v) is 4.82. The third-order valence-electron chi connectivity index (χ3n) is 2.50. The Morgan fingerprint density at radius 3 is 2.46 bits per heavy atom. The third kappa shape index (κ3) is 2.23. The van der Waals surface area contributed by atoms with Gasteiger partial charge in [0, 0.05) is 17.6 Å². The van der Waals surface area contributed by atoms with E-state index < -0.39 is 0 Å². The van der Waals surface area contributed by atoms with Gasteiger partial charge in [-0.05, 0) is 27.8 Å². The van der Waals surface area contributed by atoms with Crippen LogP contribution in [0.15, 0.2) is 6.20 Å². The Labute approximate surface area is 84.1 Å². The zero-order valence-electron chi connectivity index (χ0n) is 8.50. The molecule has 0 amide bonds. The molecule has 0 spiro atoms. The number of aromatic nitrogens is 2. The van der Waals surface area contributed by atoms with Crippen molar-refractivity contribution in [2.75, 3.05) is 7.05 Å². The van der Waals surface area contributed by atoms with E-state index in [1.165, 1.54) is 0 Å². The Morgan fingerprint density at radius 1 is 1.46 bits per heavy atom. The monoisotopic (exact) mass is 201 g/mol. The molecule has 0 aliphatic heterocycles. The van der Waals surface area contributed by atoms with Crippen LogP contribution in [0.5, 0.6) is 0 Å². The molecule has 1 rings (SSSR count). The minimum atomic E-state index is 0.297. The van der Waals surface area contributed by atoms with Crippen molar-refractivity contribution in [1.29, 1.82) is 0 Å². The summed E-state index contributed by atoms with van der Waals surface area (Å²) in [6.45, 7) is 6.44. The Balaban J connectivity index is 2.79. The van der Waals surface area contributed by atoms with Gasteiger partial charge in [-0.3, -0.25) is 10.00 Å². The summed E-state index contributed by atoms with van der Waals surface area (Å²) in [7, 11) is 2.08. The molecule has 0 saturated heterocycles. The summed E-state index contributed by atoms with van der Waals surface area (Å²) >= 11 is 5.94. The van der Waals surface area contributed by atoms with Gasteiger partial charge in [0.15, 0.2) is 0 Å². The predicted molar refractivity (Wildman–Crippen MR) is 54.9 cm³/mol. The van der Waals surface area contributed by atoms with Gasteiger partial charge in [0.25, 0.3) is 0 Å². The second-order valence-corrected chi connectivity index (χ2v) is 3.95. The SMILES string of the molecule is CC(C)N(C)C(C)c1cn[nH]c1Cl. The Hall–Kier alpha value is -0.540. The van der Waals surface area contributed by atoms with Gasteiger partial charge in [0.1, 0.15) is 5.15 Å². The van der Waals surface area contributed by atoms with Crippen LogP contribution in [-0.2, 0) is 0 Å². The van der Waals surface area contributed by atoms with Crippen LogP contribution in [0.25, 0.3) is 0 Å². The maximum absolute atomic E-state index is 5.94. The van der Waals surface area contributed by atoms with Crippen molar-refractivity contribution < 1.29 is 0 Å². The van der Waals surface area contributed by atoms with Gasteiger partial charge >= 0.3 is 0 Å². The van der Waals surface area contributed by atoms with Crippen molar-refractivity contribution in [2.45, 2.75) is 32.9 Å². The second-order valence-electron chi connectivity index (χ2n) is 3.57. The summed E-state index contributed by atoms with van der Waals surface area (Å²) < 4.78 is 0. The van der Waals surface area contributed by atoms with E-state index in [9.17, 15) is 0 Å². The summed E-state index contributed by atoms with van der Waals surface area (Å²) in [5, 5.41) is 7.27. The minimum absolute atomic E-state index is 0.297. The molecule has 1 aromatic heterocycles. The molecule has 0 aliphatic carbocycles. The van der Waals surface area contributed by atoms with Crippen molar-refractivity contribution in [3.05, 3.63) is 16.9 Å². The number of hydrogen-bond acceptors (Lipinski definition) is 2. The van der Waals surface area contributed by atoms with Crippen LogP contribution in [0.2, 0.25) is 5.15 Å². The largest absolute Gasteiger partial charge is 0.297 e. The molecule has 0 bridgehead atoms. The van der Waals surface area contributed by atoms with Crippen molar-refractivity contribution in [2.24, 2.45) is 0 Å². The van der Waals surface area contributed by atoms with Gasteiger partial charge in [-0.15, -0.1) is 0 Å². The zero-order chi connectivity index (χ0) is 10.0. The van der Waals surface area contributed by atoms with Crippen molar-refractivity contribution in [3.63, 3.8) is 0 Å². The third-order valence-corrected chi connectivity index (χ3v) is 2.80. The number of aromatic amines is 1. The minimum Gasteiger partial charge on any atom is -0.297 e. The molecule has 1 atom stereocenters. The summed E-state index contributed by atoms with van der Waals surface area (Å²) in [5.74, 6) is 0. The fourth-order valence-electron chi connectivity index (χ4n) is 1.24. The van der Waals surface area contributed by atoms with E-state index in [1.807, 2.05) is 0 Å². The van der Waals surface area contributed by atoms with E-state index >= 15 is 0 Å². The van der Waals surface area contributed by atoms with E-state index in [0.717, 1.165) is 5.56 Å². The predicted octanol–water partition coefficient (Wildman–Crippen LogP) is 2.46. The molecule has 13 heavy (non-hydrogen) atoms. The van der Waals surface area contributed by atoms with Crippen LogP contribution in [0, 0.1) is 0 Å². The molecular formula is C9H16ClN3. The smallest absolute Gasteiger partial charge is 0.128 e. The van der Waals surface area contributed by atoms with Gasteiger partial charge in [-0.2, -0.15) is 5.10 Å².